The lowest BCUT2D eigenvalue weighted by Gasteiger charge is -2.25. The highest BCUT2D eigenvalue weighted by Gasteiger charge is 2.12. The number of rotatable bonds is 5. The highest BCUT2D eigenvalue weighted by Crippen LogP contribution is 2.20. The zero-order valence-corrected chi connectivity index (χ0v) is 12.9. The summed E-state index contributed by atoms with van der Waals surface area (Å²) in [6, 6.07) is 14.8. The molecule has 0 saturated heterocycles. The van der Waals surface area contributed by atoms with Gasteiger partial charge in [0, 0.05) is 37.4 Å². The standard InChI is InChI=1S/C18H20N4/c1-15(17-7-4-9-19-13-17)21(2)14-16-6-3-8-18(12-16)22-11-5-10-20-22/h3-13,15H,14H2,1-2H3/t15-/m1/s1. The number of aromatic nitrogens is 3. The molecule has 0 aliphatic rings. The Balaban J connectivity index is 1.74. The van der Waals surface area contributed by atoms with Gasteiger partial charge in [0.1, 0.15) is 0 Å². The lowest BCUT2D eigenvalue weighted by Crippen LogP contribution is -2.22. The van der Waals surface area contributed by atoms with E-state index in [0.717, 1.165) is 12.2 Å². The van der Waals surface area contributed by atoms with E-state index in [2.05, 4.69) is 59.3 Å². The van der Waals surface area contributed by atoms with E-state index in [1.165, 1.54) is 11.1 Å². The van der Waals surface area contributed by atoms with Gasteiger partial charge in [-0.3, -0.25) is 9.88 Å². The predicted octanol–water partition coefficient (Wildman–Crippen LogP) is 3.46. The number of benzene rings is 1. The molecule has 0 fully saturated rings. The van der Waals surface area contributed by atoms with E-state index in [4.69, 9.17) is 0 Å². The van der Waals surface area contributed by atoms with Gasteiger partial charge in [-0.1, -0.05) is 18.2 Å². The van der Waals surface area contributed by atoms with E-state index in [9.17, 15) is 0 Å². The molecule has 4 heteroatoms. The first kappa shape index (κ1) is 14.5. The highest BCUT2D eigenvalue weighted by molar-refractivity contribution is 5.35. The zero-order valence-electron chi connectivity index (χ0n) is 12.9. The second-order valence-corrected chi connectivity index (χ2v) is 5.50. The minimum Gasteiger partial charge on any atom is -0.295 e. The predicted molar refractivity (Wildman–Crippen MR) is 87.7 cm³/mol. The van der Waals surface area contributed by atoms with Crippen LogP contribution in [-0.2, 0) is 6.54 Å². The molecule has 0 bridgehead atoms. The normalized spacial score (nSPS) is 12.5. The SMILES string of the molecule is C[C@H](c1cccnc1)N(C)Cc1cccc(-n2cccn2)c1. The molecule has 3 aromatic rings. The van der Waals surface area contributed by atoms with E-state index in [-0.39, 0.29) is 0 Å². The van der Waals surface area contributed by atoms with Crippen molar-refractivity contribution < 1.29 is 0 Å². The molecular formula is C18H20N4. The molecule has 0 spiro atoms. The monoisotopic (exact) mass is 292 g/mol. The van der Waals surface area contributed by atoms with Gasteiger partial charge in [0.15, 0.2) is 0 Å². The van der Waals surface area contributed by atoms with Gasteiger partial charge >= 0.3 is 0 Å². The Bertz CT molecular complexity index is 707. The van der Waals surface area contributed by atoms with E-state index >= 15 is 0 Å². The largest absolute Gasteiger partial charge is 0.295 e. The molecule has 0 saturated carbocycles. The van der Waals surface area contributed by atoms with Gasteiger partial charge < -0.3 is 0 Å². The quantitative estimate of drug-likeness (QED) is 0.722. The second-order valence-electron chi connectivity index (χ2n) is 5.50. The molecule has 0 aliphatic carbocycles. The molecule has 0 aliphatic heterocycles. The lowest BCUT2D eigenvalue weighted by atomic mass is 10.1. The molecule has 0 N–H and O–H groups in total. The third-order valence-electron chi connectivity index (χ3n) is 3.94. The first-order valence-corrected chi connectivity index (χ1v) is 7.43. The van der Waals surface area contributed by atoms with E-state index in [1.54, 1.807) is 6.20 Å². The summed E-state index contributed by atoms with van der Waals surface area (Å²) >= 11 is 0. The third kappa shape index (κ3) is 3.23. The molecule has 0 radical (unpaired) electrons. The van der Waals surface area contributed by atoms with Crippen molar-refractivity contribution in [3.63, 3.8) is 0 Å². The molecule has 22 heavy (non-hydrogen) atoms. The van der Waals surface area contributed by atoms with Gasteiger partial charge in [-0.05, 0) is 49.4 Å². The van der Waals surface area contributed by atoms with Gasteiger partial charge in [0.2, 0.25) is 0 Å². The van der Waals surface area contributed by atoms with Crippen molar-refractivity contribution in [3.8, 4) is 5.69 Å². The van der Waals surface area contributed by atoms with Crippen LogP contribution in [0.5, 0.6) is 0 Å². The third-order valence-corrected chi connectivity index (χ3v) is 3.94. The Morgan fingerprint density at radius 1 is 1.14 bits per heavy atom. The minimum atomic E-state index is 0.321. The summed E-state index contributed by atoms with van der Waals surface area (Å²) in [7, 11) is 2.14. The van der Waals surface area contributed by atoms with Gasteiger partial charge in [0.25, 0.3) is 0 Å². The topological polar surface area (TPSA) is 34.0 Å². The molecule has 2 aromatic heterocycles. The Kier molecular flexibility index (Phi) is 4.30. The summed E-state index contributed by atoms with van der Waals surface area (Å²) < 4.78 is 1.88. The Labute approximate surface area is 131 Å². The van der Waals surface area contributed by atoms with Crippen molar-refractivity contribution in [2.24, 2.45) is 0 Å². The second kappa shape index (κ2) is 6.54. The molecule has 112 valence electrons. The van der Waals surface area contributed by atoms with Crippen LogP contribution >= 0.6 is 0 Å². The Morgan fingerprint density at radius 3 is 2.77 bits per heavy atom. The summed E-state index contributed by atoms with van der Waals surface area (Å²) in [4.78, 5) is 6.52. The van der Waals surface area contributed by atoms with Crippen LogP contribution in [0.2, 0.25) is 0 Å². The molecule has 3 rings (SSSR count). The maximum Gasteiger partial charge on any atom is 0.0648 e. The van der Waals surface area contributed by atoms with Crippen molar-refractivity contribution in [2.75, 3.05) is 7.05 Å². The smallest absolute Gasteiger partial charge is 0.0648 e. The maximum absolute atomic E-state index is 4.28. The average Bonchev–Trinajstić information content (AvgIpc) is 3.10. The van der Waals surface area contributed by atoms with Crippen LogP contribution in [0.1, 0.15) is 24.1 Å². The van der Waals surface area contributed by atoms with Crippen LogP contribution in [0.15, 0.2) is 67.3 Å². The van der Waals surface area contributed by atoms with Crippen molar-refractivity contribution >= 4 is 0 Å². The van der Waals surface area contributed by atoms with Crippen molar-refractivity contribution in [2.45, 2.75) is 19.5 Å². The first-order valence-electron chi connectivity index (χ1n) is 7.43. The zero-order chi connectivity index (χ0) is 15.4. The van der Waals surface area contributed by atoms with Crippen LogP contribution in [-0.4, -0.2) is 26.7 Å². The van der Waals surface area contributed by atoms with Crippen molar-refractivity contribution in [1.29, 1.82) is 0 Å². The fraction of sp³-hybridized carbons (Fsp3) is 0.222. The fourth-order valence-electron chi connectivity index (χ4n) is 2.52. The summed E-state index contributed by atoms with van der Waals surface area (Å²) in [5, 5.41) is 4.28. The van der Waals surface area contributed by atoms with Crippen LogP contribution in [0.25, 0.3) is 5.69 Å². The fourth-order valence-corrected chi connectivity index (χ4v) is 2.52. The summed E-state index contributed by atoms with van der Waals surface area (Å²) in [5.74, 6) is 0. The van der Waals surface area contributed by atoms with Gasteiger partial charge in [0.05, 0.1) is 5.69 Å². The van der Waals surface area contributed by atoms with E-state index in [0.29, 0.717) is 6.04 Å². The number of hydrogen-bond donors (Lipinski definition) is 0. The van der Waals surface area contributed by atoms with Gasteiger partial charge in [-0.2, -0.15) is 5.10 Å². The molecule has 2 heterocycles. The average molecular weight is 292 g/mol. The van der Waals surface area contributed by atoms with Crippen LogP contribution < -0.4 is 0 Å². The number of hydrogen-bond acceptors (Lipinski definition) is 3. The molecule has 1 atom stereocenters. The molecule has 0 amide bonds. The van der Waals surface area contributed by atoms with Gasteiger partial charge in [-0.15, -0.1) is 0 Å². The van der Waals surface area contributed by atoms with Crippen LogP contribution in [0, 0.1) is 0 Å². The van der Waals surface area contributed by atoms with Crippen LogP contribution in [0.3, 0.4) is 0 Å². The van der Waals surface area contributed by atoms with E-state index in [1.807, 2.05) is 35.4 Å². The maximum atomic E-state index is 4.28. The molecular weight excluding hydrogens is 272 g/mol. The number of pyridine rings is 1. The Hall–Kier alpha value is -2.46. The van der Waals surface area contributed by atoms with Crippen molar-refractivity contribution in [3.05, 3.63) is 78.4 Å². The minimum absolute atomic E-state index is 0.321. The van der Waals surface area contributed by atoms with Crippen molar-refractivity contribution in [1.82, 2.24) is 19.7 Å². The summed E-state index contributed by atoms with van der Waals surface area (Å²) in [6.07, 6.45) is 7.50. The lowest BCUT2D eigenvalue weighted by molar-refractivity contribution is 0.252. The Morgan fingerprint density at radius 2 is 2.05 bits per heavy atom. The van der Waals surface area contributed by atoms with Crippen LogP contribution in [0.4, 0.5) is 0 Å². The summed E-state index contributed by atoms with van der Waals surface area (Å²) in [5.41, 5.74) is 3.59. The molecule has 4 nitrogen and oxygen atoms in total. The number of nitrogens with zero attached hydrogens (tertiary/aromatic N) is 4. The van der Waals surface area contributed by atoms with E-state index < -0.39 is 0 Å². The summed E-state index contributed by atoms with van der Waals surface area (Å²) in [6.45, 7) is 3.08. The molecule has 1 aromatic carbocycles. The van der Waals surface area contributed by atoms with Gasteiger partial charge in [-0.25, -0.2) is 4.68 Å². The highest BCUT2D eigenvalue weighted by atomic mass is 15.3. The molecule has 0 unspecified atom stereocenters. The first-order chi connectivity index (χ1) is 10.7.